The molecule has 1 aromatic heterocycles. The second-order valence-electron chi connectivity index (χ2n) is 3.31. The first-order chi connectivity index (χ1) is 7.22. The number of rotatable bonds is 6. The van der Waals surface area contributed by atoms with Crippen molar-refractivity contribution in [2.24, 2.45) is 0 Å². The van der Waals surface area contributed by atoms with Gasteiger partial charge in [0.15, 0.2) is 0 Å². The summed E-state index contributed by atoms with van der Waals surface area (Å²) in [4.78, 5) is 6.05. The van der Waals surface area contributed by atoms with Crippen molar-refractivity contribution in [1.82, 2.24) is 9.88 Å². The van der Waals surface area contributed by atoms with E-state index in [4.69, 9.17) is 16.7 Å². The van der Waals surface area contributed by atoms with Crippen molar-refractivity contribution in [3.05, 3.63) is 41.7 Å². The third kappa shape index (κ3) is 4.93. The van der Waals surface area contributed by atoms with Gasteiger partial charge in [-0.1, -0.05) is 24.2 Å². The van der Waals surface area contributed by atoms with Crippen LogP contribution in [0.1, 0.15) is 5.56 Å². The third-order valence-electron chi connectivity index (χ3n) is 1.94. The van der Waals surface area contributed by atoms with Gasteiger partial charge < -0.3 is 5.11 Å². The highest BCUT2D eigenvalue weighted by Crippen LogP contribution is 2.06. The standard InChI is InChI=1S/C11H15ClN2O/c1-10(12)8-14(5-6-15)9-11-3-2-4-13-7-11/h2-4,7,15H,1,5-6,8-9H2. The Balaban J connectivity index is 2.54. The van der Waals surface area contributed by atoms with Gasteiger partial charge in [-0.2, -0.15) is 0 Å². The molecule has 0 saturated heterocycles. The number of pyridine rings is 1. The predicted octanol–water partition coefficient (Wildman–Crippen LogP) is 1.63. The van der Waals surface area contributed by atoms with Crippen LogP contribution in [-0.4, -0.2) is 34.7 Å². The van der Waals surface area contributed by atoms with E-state index in [0.717, 1.165) is 12.1 Å². The van der Waals surface area contributed by atoms with E-state index < -0.39 is 0 Å². The molecule has 0 atom stereocenters. The molecular weight excluding hydrogens is 212 g/mol. The summed E-state index contributed by atoms with van der Waals surface area (Å²) in [5, 5.41) is 9.47. The highest BCUT2D eigenvalue weighted by Gasteiger charge is 2.05. The minimum atomic E-state index is 0.116. The fourth-order valence-electron chi connectivity index (χ4n) is 1.35. The molecule has 1 aromatic rings. The average Bonchev–Trinajstić information content (AvgIpc) is 2.18. The molecule has 15 heavy (non-hydrogen) atoms. The van der Waals surface area contributed by atoms with Crippen molar-refractivity contribution in [3.8, 4) is 0 Å². The van der Waals surface area contributed by atoms with E-state index in [9.17, 15) is 0 Å². The van der Waals surface area contributed by atoms with Gasteiger partial charge >= 0.3 is 0 Å². The predicted molar refractivity (Wildman–Crippen MR) is 61.6 cm³/mol. The van der Waals surface area contributed by atoms with Crippen LogP contribution < -0.4 is 0 Å². The van der Waals surface area contributed by atoms with Crippen molar-refractivity contribution in [3.63, 3.8) is 0 Å². The molecule has 1 rings (SSSR count). The summed E-state index contributed by atoms with van der Waals surface area (Å²) in [7, 11) is 0. The normalized spacial score (nSPS) is 10.6. The number of aliphatic hydroxyl groups excluding tert-OH is 1. The number of hydrogen-bond donors (Lipinski definition) is 1. The van der Waals surface area contributed by atoms with Crippen LogP contribution in [0.25, 0.3) is 0 Å². The van der Waals surface area contributed by atoms with Gasteiger partial charge in [0, 0.05) is 37.1 Å². The van der Waals surface area contributed by atoms with Crippen LogP contribution in [0.4, 0.5) is 0 Å². The van der Waals surface area contributed by atoms with E-state index in [1.54, 1.807) is 12.4 Å². The van der Waals surface area contributed by atoms with Crippen LogP contribution in [0.15, 0.2) is 36.1 Å². The summed E-state index contributed by atoms with van der Waals surface area (Å²) < 4.78 is 0. The van der Waals surface area contributed by atoms with Gasteiger partial charge in [-0.3, -0.25) is 9.88 Å². The first kappa shape index (κ1) is 12.2. The summed E-state index contributed by atoms with van der Waals surface area (Å²) >= 11 is 5.74. The zero-order valence-electron chi connectivity index (χ0n) is 8.56. The molecule has 0 amide bonds. The fourth-order valence-corrected chi connectivity index (χ4v) is 1.52. The zero-order valence-corrected chi connectivity index (χ0v) is 9.32. The van der Waals surface area contributed by atoms with Gasteiger partial charge in [-0.05, 0) is 11.6 Å². The van der Waals surface area contributed by atoms with Crippen molar-refractivity contribution in [2.75, 3.05) is 19.7 Å². The lowest BCUT2D eigenvalue weighted by atomic mass is 10.2. The Labute approximate surface area is 95.0 Å². The fraction of sp³-hybridized carbons (Fsp3) is 0.364. The number of aromatic nitrogens is 1. The quantitative estimate of drug-likeness (QED) is 0.801. The molecule has 0 unspecified atom stereocenters. The maximum Gasteiger partial charge on any atom is 0.0558 e. The zero-order chi connectivity index (χ0) is 11.1. The summed E-state index contributed by atoms with van der Waals surface area (Å²) in [6.45, 7) is 5.65. The maximum atomic E-state index is 8.90. The molecule has 1 N–H and O–H groups in total. The van der Waals surface area contributed by atoms with Gasteiger partial charge in [-0.25, -0.2) is 0 Å². The number of nitrogens with zero attached hydrogens (tertiary/aromatic N) is 2. The molecule has 0 fully saturated rings. The van der Waals surface area contributed by atoms with Crippen LogP contribution in [0.3, 0.4) is 0 Å². The summed E-state index contributed by atoms with van der Waals surface area (Å²) in [5.74, 6) is 0. The van der Waals surface area contributed by atoms with Crippen molar-refractivity contribution in [2.45, 2.75) is 6.54 Å². The highest BCUT2D eigenvalue weighted by molar-refractivity contribution is 6.29. The van der Waals surface area contributed by atoms with Gasteiger partial charge in [0.2, 0.25) is 0 Å². The summed E-state index contributed by atoms with van der Waals surface area (Å²) in [6, 6.07) is 3.89. The highest BCUT2D eigenvalue weighted by atomic mass is 35.5. The molecule has 0 aliphatic rings. The minimum Gasteiger partial charge on any atom is -0.395 e. The first-order valence-corrected chi connectivity index (χ1v) is 5.15. The first-order valence-electron chi connectivity index (χ1n) is 4.77. The van der Waals surface area contributed by atoms with Crippen LogP contribution >= 0.6 is 11.6 Å². The molecule has 82 valence electrons. The Morgan fingerprint density at radius 1 is 1.60 bits per heavy atom. The van der Waals surface area contributed by atoms with E-state index in [1.165, 1.54) is 0 Å². The topological polar surface area (TPSA) is 36.4 Å². The van der Waals surface area contributed by atoms with Gasteiger partial charge in [-0.15, -0.1) is 0 Å². The number of aliphatic hydroxyl groups is 1. The Morgan fingerprint density at radius 2 is 2.40 bits per heavy atom. The Kier molecular flexibility index (Phi) is 5.32. The van der Waals surface area contributed by atoms with Crippen LogP contribution in [0.5, 0.6) is 0 Å². The molecule has 0 spiro atoms. The molecule has 0 saturated carbocycles. The van der Waals surface area contributed by atoms with Crippen molar-refractivity contribution >= 4 is 11.6 Å². The number of halogens is 1. The monoisotopic (exact) mass is 226 g/mol. The largest absolute Gasteiger partial charge is 0.395 e. The van der Waals surface area contributed by atoms with Crippen LogP contribution in [0, 0.1) is 0 Å². The molecule has 0 aliphatic carbocycles. The Hall–Kier alpha value is -0.900. The molecule has 0 radical (unpaired) electrons. The second-order valence-corrected chi connectivity index (χ2v) is 3.85. The lowest BCUT2D eigenvalue weighted by molar-refractivity contribution is 0.202. The molecule has 1 heterocycles. The van der Waals surface area contributed by atoms with Gasteiger partial charge in [0.1, 0.15) is 0 Å². The summed E-state index contributed by atoms with van der Waals surface area (Å²) in [5.41, 5.74) is 1.10. The van der Waals surface area contributed by atoms with Crippen molar-refractivity contribution < 1.29 is 5.11 Å². The molecule has 4 heteroatoms. The summed E-state index contributed by atoms with van der Waals surface area (Å²) in [6.07, 6.45) is 3.54. The third-order valence-corrected chi connectivity index (χ3v) is 2.06. The smallest absolute Gasteiger partial charge is 0.0558 e. The molecule has 0 aliphatic heterocycles. The van der Waals surface area contributed by atoms with Gasteiger partial charge in [0.25, 0.3) is 0 Å². The lowest BCUT2D eigenvalue weighted by Crippen LogP contribution is -2.27. The van der Waals surface area contributed by atoms with Crippen LogP contribution in [0.2, 0.25) is 0 Å². The molecule has 3 nitrogen and oxygen atoms in total. The lowest BCUT2D eigenvalue weighted by Gasteiger charge is -2.20. The van der Waals surface area contributed by atoms with Gasteiger partial charge in [0.05, 0.1) is 6.61 Å². The second kappa shape index (κ2) is 6.56. The average molecular weight is 227 g/mol. The van der Waals surface area contributed by atoms with E-state index in [1.807, 2.05) is 17.0 Å². The minimum absolute atomic E-state index is 0.116. The number of hydrogen-bond acceptors (Lipinski definition) is 3. The van der Waals surface area contributed by atoms with E-state index in [0.29, 0.717) is 18.1 Å². The van der Waals surface area contributed by atoms with E-state index in [2.05, 4.69) is 11.6 Å². The van der Waals surface area contributed by atoms with E-state index in [-0.39, 0.29) is 6.61 Å². The van der Waals surface area contributed by atoms with E-state index >= 15 is 0 Å². The van der Waals surface area contributed by atoms with Crippen LogP contribution in [-0.2, 0) is 6.54 Å². The Morgan fingerprint density at radius 3 is 2.93 bits per heavy atom. The molecular formula is C11H15ClN2O. The molecule has 0 aromatic carbocycles. The Bertz CT molecular complexity index is 303. The SMILES string of the molecule is C=C(Cl)CN(CCO)Cc1cccnc1. The molecule has 0 bridgehead atoms. The van der Waals surface area contributed by atoms with Crippen molar-refractivity contribution in [1.29, 1.82) is 0 Å². The maximum absolute atomic E-state index is 8.90.